The fraction of sp³-hybridized carbons (Fsp3) is 0.250. The number of amides is 1. The Hall–Kier alpha value is -1.49. The summed E-state index contributed by atoms with van der Waals surface area (Å²) in [6.45, 7) is 3.18. The van der Waals surface area contributed by atoms with E-state index in [9.17, 15) is 9.59 Å². The Labute approximate surface area is 108 Å². The Morgan fingerprint density at radius 1 is 1.24 bits per heavy atom. The van der Waals surface area contributed by atoms with E-state index in [1.165, 1.54) is 6.92 Å². The van der Waals surface area contributed by atoms with Gasteiger partial charge < -0.3 is 0 Å². The molecule has 0 aromatic heterocycles. The van der Waals surface area contributed by atoms with E-state index in [0.29, 0.717) is 11.3 Å². The van der Waals surface area contributed by atoms with E-state index in [1.54, 1.807) is 31.2 Å². The second-order valence-corrected chi connectivity index (χ2v) is 4.59. The zero-order chi connectivity index (χ0) is 12.8. The van der Waals surface area contributed by atoms with Crippen molar-refractivity contribution in [1.29, 1.82) is 0 Å². The minimum atomic E-state index is -0.291. The van der Waals surface area contributed by atoms with E-state index in [4.69, 9.17) is 0 Å². The second kappa shape index (κ2) is 6.30. The molecule has 1 N–H and O–H groups in total. The second-order valence-electron chi connectivity index (χ2n) is 3.67. The van der Waals surface area contributed by atoms with Crippen LogP contribution in [0, 0.1) is 0 Å². The molecule has 0 spiro atoms. The van der Waals surface area contributed by atoms with Crippen molar-refractivity contribution in [2.45, 2.75) is 20.3 Å². The van der Waals surface area contributed by atoms with Crippen LogP contribution in [0.4, 0.5) is 0 Å². The molecular formula is C12H13BrN2O2. The van der Waals surface area contributed by atoms with Gasteiger partial charge in [0, 0.05) is 22.2 Å². The predicted molar refractivity (Wildman–Crippen MR) is 70.0 cm³/mol. The molecule has 1 amide bonds. The van der Waals surface area contributed by atoms with Gasteiger partial charge in [-0.3, -0.25) is 9.59 Å². The first-order valence-corrected chi connectivity index (χ1v) is 5.87. The predicted octanol–water partition coefficient (Wildman–Crippen LogP) is 2.53. The smallest absolute Gasteiger partial charge is 0.271 e. The number of benzene rings is 1. The lowest BCUT2D eigenvalue weighted by Crippen LogP contribution is -2.19. The van der Waals surface area contributed by atoms with Crippen molar-refractivity contribution in [2.24, 2.45) is 5.10 Å². The highest BCUT2D eigenvalue weighted by molar-refractivity contribution is 9.10. The van der Waals surface area contributed by atoms with Crippen molar-refractivity contribution in [3.63, 3.8) is 0 Å². The summed E-state index contributed by atoms with van der Waals surface area (Å²) in [4.78, 5) is 22.4. The maximum atomic E-state index is 11.6. The quantitative estimate of drug-likeness (QED) is 0.686. The minimum absolute atomic E-state index is 0.0177. The average molecular weight is 297 g/mol. The summed E-state index contributed by atoms with van der Waals surface area (Å²) in [7, 11) is 0. The summed E-state index contributed by atoms with van der Waals surface area (Å²) < 4.78 is 0.908. The van der Waals surface area contributed by atoms with E-state index < -0.39 is 0 Å². The van der Waals surface area contributed by atoms with Crippen LogP contribution < -0.4 is 5.43 Å². The number of hydrazone groups is 1. The van der Waals surface area contributed by atoms with E-state index in [0.717, 1.165) is 4.47 Å². The van der Waals surface area contributed by atoms with Crippen LogP contribution in [-0.2, 0) is 4.79 Å². The van der Waals surface area contributed by atoms with Gasteiger partial charge in [0.25, 0.3) is 5.91 Å². The number of carbonyl (C=O) groups is 2. The fourth-order valence-corrected chi connectivity index (χ4v) is 1.48. The molecule has 17 heavy (non-hydrogen) atoms. The number of rotatable bonds is 4. The summed E-state index contributed by atoms with van der Waals surface area (Å²) in [6, 6.07) is 6.94. The summed E-state index contributed by atoms with van der Waals surface area (Å²) in [6.07, 6.45) is 0.251. The van der Waals surface area contributed by atoms with Gasteiger partial charge in [0.05, 0.1) is 0 Å². The van der Waals surface area contributed by atoms with E-state index >= 15 is 0 Å². The first-order chi connectivity index (χ1) is 7.99. The normalized spacial score (nSPS) is 11.1. The van der Waals surface area contributed by atoms with Gasteiger partial charge in [-0.05, 0) is 38.1 Å². The Bertz CT molecular complexity index is 452. The number of carbonyl (C=O) groups excluding carboxylic acids is 2. The third-order valence-corrected chi connectivity index (χ3v) is 2.49. The molecule has 0 aliphatic heterocycles. The van der Waals surface area contributed by atoms with Gasteiger partial charge in [-0.2, -0.15) is 5.10 Å². The number of Topliss-reactive ketones (excluding diaryl/α,β-unsaturated/α-hetero) is 1. The number of nitrogens with zero attached hydrogens (tertiary/aromatic N) is 1. The minimum Gasteiger partial charge on any atom is -0.300 e. The molecule has 0 aliphatic carbocycles. The molecule has 1 rings (SSSR count). The topological polar surface area (TPSA) is 58.5 Å². The highest BCUT2D eigenvalue weighted by Crippen LogP contribution is 2.10. The average Bonchev–Trinajstić information content (AvgIpc) is 2.26. The molecule has 5 heteroatoms. The molecule has 0 bridgehead atoms. The van der Waals surface area contributed by atoms with Gasteiger partial charge in [-0.15, -0.1) is 0 Å². The number of hydrogen-bond donors (Lipinski definition) is 1. The van der Waals surface area contributed by atoms with Crippen LogP contribution in [0.1, 0.15) is 30.6 Å². The van der Waals surface area contributed by atoms with Gasteiger partial charge in [0.1, 0.15) is 5.78 Å². The molecule has 0 fully saturated rings. The molecule has 90 valence electrons. The zero-order valence-electron chi connectivity index (χ0n) is 9.66. The third kappa shape index (κ3) is 4.91. The zero-order valence-corrected chi connectivity index (χ0v) is 11.2. The SMILES string of the molecule is CC(=O)C/C(C)=N/NC(=O)c1ccc(Br)cc1. The first kappa shape index (κ1) is 13.6. The van der Waals surface area contributed by atoms with Gasteiger partial charge in [0.2, 0.25) is 0 Å². The Morgan fingerprint density at radius 3 is 2.35 bits per heavy atom. The lowest BCUT2D eigenvalue weighted by atomic mass is 10.2. The van der Waals surface area contributed by atoms with Gasteiger partial charge in [-0.1, -0.05) is 15.9 Å². The molecule has 1 aromatic carbocycles. The summed E-state index contributed by atoms with van der Waals surface area (Å²) in [5.74, 6) is -0.274. The van der Waals surface area contributed by atoms with Crippen LogP contribution in [0.3, 0.4) is 0 Å². The lowest BCUT2D eigenvalue weighted by molar-refractivity contribution is -0.115. The highest BCUT2D eigenvalue weighted by atomic mass is 79.9. The van der Waals surface area contributed by atoms with Crippen molar-refractivity contribution in [1.82, 2.24) is 5.43 Å². The molecule has 1 aromatic rings. The standard InChI is InChI=1S/C12H13BrN2O2/c1-8(7-9(2)16)14-15-12(17)10-3-5-11(13)6-4-10/h3-6H,7H2,1-2H3,(H,15,17)/b14-8+. The summed E-state index contributed by atoms with van der Waals surface area (Å²) >= 11 is 3.29. The van der Waals surface area contributed by atoms with Crippen LogP contribution >= 0.6 is 15.9 Å². The maximum Gasteiger partial charge on any atom is 0.271 e. The van der Waals surface area contributed by atoms with E-state index in [1.807, 2.05) is 0 Å². The molecule has 0 unspecified atom stereocenters. The van der Waals surface area contributed by atoms with Crippen LogP contribution in [0.25, 0.3) is 0 Å². The number of hydrogen-bond acceptors (Lipinski definition) is 3. The van der Waals surface area contributed by atoms with Gasteiger partial charge in [0.15, 0.2) is 0 Å². The highest BCUT2D eigenvalue weighted by Gasteiger charge is 2.04. The Balaban J connectivity index is 2.61. The van der Waals surface area contributed by atoms with Crippen LogP contribution in [0.15, 0.2) is 33.8 Å². The van der Waals surface area contributed by atoms with Gasteiger partial charge >= 0.3 is 0 Å². The Morgan fingerprint density at radius 2 is 1.82 bits per heavy atom. The number of nitrogens with one attached hydrogen (secondary N) is 1. The van der Waals surface area contributed by atoms with Gasteiger partial charge in [-0.25, -0.2) is 5.43 Å². The molecule has 0 atom stereocenters. The molecule has 0 saturated carbocycles. The monoisotopic (exact) mass is 296 g/mol. The van der Waals surface area contributed by atoms with Crippen molar-refractivity contribution < 1.29 is 9.59 Å². The van der Waals surface area contributed by atoms with Crippen LogP contribution in [0.5, 0.6) is 0 Å². The van der Waals surface area contributed by atoms with Crippen LogP contribution in [-0.4, -0.2) is 17.4 Å². The molecule has 0 heterocycles. The summed E-state index contributed by atoms with van der Waals surface area (Å²) in [5, 5.41) is 3.85. The van der Waals surface area contributed by atoms with Crippen molar-refractivity contribution in [3.05, 3.63) is 34.3 Å². The van der Waals surface area contributed by atoms with Crippen molar-refractivity contribution in [2.75, 3.05) is 0 Å². The number of ketones is 1. The summed E-state index contributed by atoms with van der Waals surface area (Å²) in [5.41, 5.74) is 3.51. The number of halogens is 1. The van der Waals surface area contributed by atoms with Crippen molar-refractivity contribution in [3.8, 4) is 0 Å². The third-order valence-electron chi connectivity index (χ3n) is 1.96. The molecule has 4 nitrogen and oxygen atoms in total. The molecular weight excluding hydrogens is 284 g/mol. The fourth-order valence-electron chi connectivity index (χ4n) is 1.21. The molecule has 0 saturated heterocycles. The van der Waals surface area contributed by atoms with E-state index in [-0.39, 0.29) is 18.1 Å². The van der Waals surface area contributed by atoms with E-state index in [2.05, 4.69) is 26.5 Å². The maximum absolute atomic E-state index is 11.6. The van der Waals surface area contributed by atoms with Crippen molar-refractivity contribution >= 4 is 33.3 Å². The van der Waals surface area contributed by atoms with Crippen LogP contribution in [0.2, 0.25) is 0 Å². The molecule has 0 aliphatic rings. The Kier molecular flexibility index (Phi) is 5.03. The first-order valence-electron chi connectivity index (χ1n) is 5.07. The molecule has 0 radical (unpaired) electrons. The largest absolute Gasteiger partial charge is 0.300 e. The lowest BCUT2D eigenvalue weighted by Gasteiger charge is -2.01.